The largest absolute Gasteiger partial charge is 0.443 e. The fourth-order valence-corrected chi connectivity index (χ4v) is 3.92. The molecule has 5 nitrogen and oxygen atoms in total. The first-order valence-corrected chi connectivity index (χ1v) is 9.57. The molecule has 1 aliphatic heterocycles. The topological polar surface area (TPSA) is 56.6 Å². The van der Waals surface area contributed by atoms with Crippen molar-refractivity contribution in [1.82, 2.24) is 9.80 Å². The van der Waals surface area contributed by atoms with E-state index in [0.29, 0.717) is 11.4 Å². The molecule has 0 bridgehead atoms. The summed E-state index contributed by atoms with van der Waals surface area (Å²) in [5, 5.41) is 10.5. The van der Waals surface area contributed by atoms with E-state index < -0.39 is 17.4 Å². The summed E-state index contributed by atoms with van der Waals surface area (Å²) < 4.78 is 5.55. The number of piperidine rings is 1. The van der Waals surface area contributed by atoms with Crippen LogP contribution in [0.1, 0.15) is 58.9 Å². The van der Waals surface area contributed by atoms with Crippen LogP contribution in [0, 0.1) is 11.5 Å². The SMILES string of the molecule is CCC(c1ccccc1Cl)(N1CCCCC1)N(C#N)C(=O)OC(C)(C)C. The zero-order valence-corrected chi connectivity index (χ0v) is 16.8. The number of hydrogen-bond acceptors (Lipinski definition) is 4. The van der Waals surface area contributed by atoms with Gasteiger partial charge in [-0.05, 0) is 46.1 Å². The molecule has 1 fully saturated rings. The molecular formula is C20H28ClN3O2. The van der Waals surface area contributed by atoms with Crippen molar-refractivity contribution in [3.05, 3.63) is 34.9 Å². The minimum atomic E-state index is -0.949. The van der Waals surface area contributed by atoms with E-state index in [1.54, 1.807) is 26.8 Å². The average molecular weight is 378 g/mol. The molecule has 1 unspecified atom stereocenters. The molecule has 2 rings (SSSR count). The second kappa shape index (κ2) is 8.28. The number of amides is 1. The molecule has 0 aromatic heterocycles. The van der Waals surface area contributed by atoms with E-state index in [4.69, 9.17) is 16.3 Å². The zero-order chi connectivity index (χ0) is 19.4. The second-order valence-electron chi connectivity index (χ2n) is 7.61. The number of carbonyl (C=O) groups excluding carboxylic acids is 1. The molecule has 1 heterocycles. The summed E-state index contributed by atoms with van der Waals surface area (Å²) in [5.74, 6) is 0. The first kappa shape index (κ1) is 20.5. The van der Waals surface area contributed by atoms with Gasteiger partial charge in [-0.15, -0.1) is 0 Å². The van der Waals surface area contributed by atoms with E-state index in [9.17, 15) is 10.1 Å². The van der Waals surface area contributed by atoms with Gasteiger partial charge in [-0.25, -0.2) is 4.79 Å². The Hall–Kier alpha value is -1.77. The van der Waals surface area contributed by atoms with E-state index in [-0.39, 0.29) is 0 Å². The lowest BCUT2D eigenvalue weighted by atomic mass is 9.90. The van der Waals surface area contributed by atoms with Crippen LogP contribution in [0.4, 0.5) is 4.79 Å². The van der Waals surface area contributed by atoms with Gasteiger partial charge in [0, 0.05) is 23.7 Å². The second-order valence-corrected chi connectivity index (χ2v) is 8.02. The number of halogens is 1. The van der Waals surface area contributed by atoms with Gasteiger partial charge in [0.2, 0.25) is 0 Å². The monoisotopic (exact) mass is 377 g/mol. The number of ether oxygens (including phenoxy) is 1. The summed E-state index contributed by atoms with van der Waals surface area (Å²) in [6, 6.07) is 7.44. The molecule has 142 valence electrons. The van der Waals surface area contributed by atoms with E-state index in [1.807, 2.05) is 25.1 Å². The van der Waals surface area contributed by atoms with Gasteiger partial charge in [-0.3, -0.25) is 4.90 Å². The van der Waals surface area contributed by atoms with Gasteiger partial charge < -0.3 is 4.74 Å². The predicted molar refractivity (Wildman–Crippen MR) is 103 cm³/mol. The smallest absolute Gasteiger partial charge is 0.425 e. The molecule has 1 aliphatic rings. The lowest BCUT2D eigenvalue weighted by molar-refractivity contribution is -0.0586. The van der Waals surface area contributed by atoms with Crippen molar-refractivity contribution in [3.8, 4) is 6.19 Å². The lowest BCUT2D eigenvalue weighted by Gasteiger charge is -2.49. The highest BCUT2D eigenvalue weighted by Gasteiger charge is 2.48. The Labute approximate surface area is 161 Å². The fraction of sp³-hybridized carbons (Fsp3) is 0.600. The lowest BCUT2D eigenvalue weighted by Crippen LogP contribution is -2.60. The van der Waals surface area contributed by atoms with Crippen LogP contribution < -0.4 is 0 Å². The third-order valence-electron chi connectivity index (χ3n) is 4.72. The van der Waals surface area contributed by atoms with Crippen LogP contribution in [-0.4, -0.2) is 34.6 Å². The zero-order valence-electron chi connectivity index (χ0n) is 16.1. The van der Waals surface area contributed by atoms with E-state index in [1.165, 1.54) is 4.90 Å². The number of likely N-dealkylation sites (tertiary alicyclic amines) is 1. The Morgan fingerprint density at radius 2 is 1.88 bits per heavy atom. The van der Waals surface area contributed by atoms with Crippen LogP contribution in [0.15, 0.2) is 24.3 Å². The maximum absolute atomic E-state index is 12.9. The van der Waals surface area contributed by atoms with Gasteiger partial charge in [0.1, 0.15) is 11.3 Å². The Morgan fingerprint density at radius 3 is 2.38 bits per heavy atom. The van der Waals surface area contributed by atoms with Crippen molar-refractivity contribution in [2.75, 3.05) is 13.1 Å². The molecule has 0 spiro atoms. The number of rotatable bonds is 4. The van der Waals surface area contributed by atoms with Crippen molar-refractivity contribution in [3.63, 3.8) is 0 Å². The number of nitriles is 1. The standard InChI is InChI=1S/C20H28ClN3O2/c1-5-20(23-13-9-6-10-14-23,16-11-7-8-12-17(16)21)24(15-22)18(25)26-19(2,3)4/h7-8,11-12H,5-6,9-10,13-14H2,1-4H3. The molecule has 1 saturated heterocycles. The summed E-state index contributed by atoms with van der Waals surface area (Å²) in [7, 11) is 0. The van der Waals surface area contributed by atoms with E-state index in [0.717, 1.165) is 37.9 Å². The minimum absolute atomic E-state index is 0.531. The first-order valence-electron chi connectivity index (χ1n) is 9.19. The summed E-state index contributed by atoms with van der Waals surface area (Å²) in [5.41, 5.74) is -0.873. The normalized spacial score (nSPS) is 17.8. The summed E-state index contributed by atoms with van der Waals surface area (Å²) >= 11 is 6.53. The third kappa shape index (κ3) is 4.13. The van der Waals surface area contributed by atoms with Crippen LogP contribution >= 0.6 is 11.6 Å². The highest BCUT2D eigenvalue weighted by molar-refractivity contribution is 6.31. The summed E-state index contributed by atoms with van der Waals surface area (Å²) in [6.45, 7) is 8.98. The number of nitrogens with zero attached hydrogens (tertiary/aromatic N) is 3. The highest BCUT2D eigenvalue weighted by Crippen LogP contribution is 2.41. The molecule has 26 heavy (non-hydrogen) atoms. The van der Waals surface area contributed by atoms with Gasteiger partial charge in [0.05, 0.1) is 0 Å². The first-order chi connectivity index (χ1) is 12.3. The minimum Gasteiger partial charge on any atom is -0.443 e. The van der Waals surface area contributed by atoms with Crippen LogP contribution in [-0.2, 0) is 10.4 Å². The molecule has 1 aromatic rings. The van der Waals surface area contributed by atoms with Crippen molar-refractivity contribution in [2.45, 2.75) is 64.6 Å². The molecule has 1 atom stereocenters. The van der Waals surface area contributed by atoms with Crippen LogP contribution in [0.2, 0.25) is 5.02 Å². The van der Waals surface area contributed by atoms with Crippen molar-refractivity contribution >= 4 is 17.7 Å². The fourth-order valence-electron chi connectivity index (χ4n) is 3.64. The number of carbonyl (C=O) groups is 1. The predicted octanol–water partition coefficient (Wildman–Crippen LogP) is 5.11. The highest BCUT2D eigenvalue weighted by atomic mass is 35.5. The molecule has 1 aromatic carbocycles. The molecular weight excluding hydrogens is 350 g/mol. The van der Waals surface area contributed by atoms with Crippen molar-refractivity contribution in [1.29, 1.82) is 5.26 Å². The van der Waals surface area contributed by atoms with Gasteiger partial charge >= 0.3 is 6.09 Å². The van der Waals surface area contributed by atoms with E-state index in [2.05, 4.69) is 11.1 Å². The Balaban J connectivity index is 2.59. The number of benzene rings is 1. The summed E-state index contributed by atoms with van der Waals surface area (Å²) in [6.07, 6.45) is 5.19. The quantitative estimate of drug-likeness (QED) is 0.540. The molecule has 1 amide bonds. The Bertz CT molecular complexity index is 674. The Morgan fingerprint density at radius 1 is 1.27 bits per heavy atom. The maximum atomic E-state index is 12.9. The van der Waals surface area contributed by atoms with Gasteiger partial charge in [0.15, 0.2) is 6.19 Å². The van der Waals surface area contributed by atoms with Crippen LogP contribution in [0.3, 0.4) is 0 Å². The average Bonchev–Trinajstić information content (AvgIpc) is 2.59. The molecule has 0 aliphatic carbocycles. The van der Waals surface area contributed by atoms with E-state index >= 15 is 0 Å². The number of hydrogen-bond donors (Lipinski definition) is 0. The third-order valence-corrected chi connectivity index (χ3v) is 5.05. The molecule has 6 heteroatoms. The van der Waals surface area contributed by atoms with Crippen molar-refractivity contribution in [2.24, 2.45) is 0 Å². The molecule has 0 N–H and O–H groups in total. The van der Waals surface area contributed by atoms with Gasteiger partial charge in [0.25, 0.3) is 0 Å². The summed E-state index contributed by atoms with van der Waals surface area (Å²) in [4.78, 5) is 16.3. The molecule has 0 radical (unpaired) electrons. The van der Waals surface area contributed by atoms with Crippen molar-refractivity contribution < 1.29 is 9.53 Å². The van der Waals surface area contributed by atoms with Gasteiger partial charge in [-0.1, -0.05) is 43.1 Å². The maximum Gasteiger partial charge on any atom is 0.425 e. The van der Waals surface area contributed by atoms with Gasteiger partial charge in [-0.2, -0.15) is 10.2 Å². The Kier molecular flexibility index (Phi) is 6.54. The van der Waals surface area contributed by atoms with Crippen LogP contribution in [0.5, 0.6) is 0 Å². The molecule has 0 saturated carbocycles. The van der Waals surface area contributed by atoms with Crippen LogP contribution in [0.25, 0.3) is 0 Å².